The largest absolute Gasteiger partial charge is 0.426 e. The Morgan fingerprint density at radius 1 is 1.28 bits per heavy atom. The Morgan fingerprint density at radius 3 is 2.28 bits per heavy atom. The standard InChI is InChI=1S/C13H15F3O2/c1-3-9(2)10-4-6-11(7-5-10)18-12(17)8-13(14,15)16/h4-7,9H,3,8H2,1-2H3. The zero-order valence-electron chi connectivity index (χ0n) is 10.3. The molecule has 0 radical (unpaired) electrons. The van der Waals surface area contributed by atoms with E-state index in [0.717, 1.165) is 12.0 Å². The van der Waals surface area contributed by atoms with Crippen molar-refractivity contribution in [3.63, 3.8) is 0 Å². The first-order valence-electron chi connectivity index (χ1n) is 5.69. The lowest BCUT2D eigenvalue weighted by Crippen LogP contribution is -2.19. The van der Waals surface area contributed by atoms with Gasteiger partial charge >= 0.3 is 12.1 Å². The zero-order chi connectivity index (χ0) is 13.8. The summed E-state index contributed by atoms with van der Waals surface area (Å²) in [6, 6.07) is 6.53. The molecule has 1 rings (SSSR count). The van der Waals surface area contributed by atoms with Crippen molar-refractivity contribution in [1.82, 2.24) is 0 Å². The fourth-order valence-electron chi connectivity index (χ4n) is 1.43. The lowest BCUT2D eigenvalue weighted by atomic mass is 9.99. The number of rotatable bonds is 4. The van der Waals surface area contributed by atoms with Crippen molar-refractivity contribution in [1.29, 1.82) is 0 Å². The van der Waals surface area contributed by atoms with Gasteiger partial charge in [-0.1, -0.05) is 26.0 Å². The van der Waals surface area contributed by atoms with Crippen LogP contribution in [0.2, 0.25) is 0 Å². The van der Waals surface area contributed by atoms with E-state index in [1.54, 1.807) is 12.1 Å². The molecule has 1 unspecified atom stereocenters. The number of ether oxygens (including phenoxy) is 1. The highest BCUT2D eigenvalue weighted by Gasteiger charge is 2.32. The number of alkyl halides is 3. The van der Waals surface area contributed by atoms with Crippen LogP contribution in [0.15, 0.2) is 24.3 Å². The molecule has 0 aliphatic rings. The Labute approximate surface area is 104 Å². The fourth-order valence-corrected chi connectivity index (χ4v) is 1.43. The molecule has 0 fully saturated rings. The van der Waals surface area contributed by atoms with Crippen molar-refractivity contribution in [2.75, 3.05) is 0 Å². The molecule has 0 heterocycles. The van der Waals surface area contributed by atoms with Gasteiger partial charge in [0, 0.05) is 0 Å². The summed E-state index contributed by atoms with van der Waals surface area (Å²) < 4.78 is 40.4. The molecule has 1 aromatic rings. The number of halogens is 3. The molecule has 0 aliphatic carbocycles. The van der Waals surface area contributed by atoms with E-state index in [-0.39, 0.29) is 5.75 Å². The van der Waals surface area contributed by atoms with Crippen LogP contribution in [0.3, 0.4) is 0 Å². The summed E-state index contributed by atoms with van der Waals surface area (Å²) in [6.45, 7) is 4.09. The number of hydrogen-bond acceptors (Lipinski definition) is 2. The molecule has 0 aromatic heterocycles. The van der Waals surface area contributed by atoms with Gasteiger partial charge in [-0.25, -0.2) is 0 Å². The van der Waals surface area contributed by atoms with Crippen molar-refractivity contribution in [3.05, 3.63) is 29.8 Å². The smallest absolute Gasteiger partial charge is 0.399 e. The van der Waals surface area contributed by atoms with Crippen LogP contribution in [-0.2, 0) is 4.79 Å². The third-order valence-corrected chi connectivity index (χ3v) is 2.64. The molecule has 0 aliphatic heterocycles. The van der Waals surface area contributed by atoms with Gasteiger partial charge in [0.15, 0.2) is 0 Å². The first kappa shape index (κ1) is 14.5. The van der Waals surface area contributed by atoms with Crippen LogP contribution in [0, 0.1) is 0 Å². The van der Waals surface area contributed by atoms with Crippen LogP contribution in [0.4, 0.5) is 13.2 Å². The Morgan fingerprint density at radius 2 is 1.83 bits per heavy atom. The van der Waals surface area contributed by atoms with Gasteiger partial charge in [-0.3, -0.25) is 4.79 Å². The molecular weight excluding hydrogens is 245 g/mol. The number of benzene rings is 1. The van der Waals surface area contributed by atoms with Crippen LogP contribution < -0.4 is 4.74 Å². The van der Waals surface area contributed by atoms with E-state index in [0.29, 0.717) is 5.92 Å². The van der Waals surface area contributed by atoms with Gasteiger partial charge in [0.05, 0.1) is 0 Å². The zero-order valence-corrected chi connectivity index (χ0v) is 10.3. The quantitative estimate of drug-likeness (QED) is 0.602. The lowest BCUT2D eigenvalue weighted by molar-refractivity contribution is -0.163. The summed E-state index contributed by atoms with van der Waals surface area (Å²) in [6.07, 6.45) is -5.14. The van der Waals surface area contributed by atoms with Gasteiger partial charge in [-0.15, -0.1) is 0 Å². The molecular formula is C13H15F3O2. The molecule has 0 saturated heterocycles. The maximum Gasteiger partial charge on any atom is 0.399 e. The molecule has 1 aromatic carbocycles. The Kier molecular flexibility index (Phi) is 4.76. The minimum atomic E-state index is -4.53. The fraction of sp³-hybridized carbons (Fsp3) is 0.462. The summed E-state index contributed by atoms with van der Waals surface area (Å²) in [5.41, 5.74) is 1.06. The Balaban J connectivity index is 2.61. The van der Waals surface area contributed by atoms with Gasteiger partial charge in [0.1, 0.15) is 12.2 Å². The van der Waals surface area contributed by atoms with E-state index in [1.807, 2.05) is 13.8 Å². The minimum absolute atomic E-state index is 0.135. The number of esters is 1. The van der Waals surface area contributed by atoms with E-state index in [2.05, 4.69) is 4.74 Å². The second-order valence-corrected chi connectivity index (χ2v) is 4.14. The molecule has 5 heteroatoms. The maximum atomic E-state index is 11.9. The first-order valence-corrected chi connectivity index (χ1v) is 5.69. The number of carbonyl (C=O) groups is 1. The molecule has 1 atom stereocenters. The van der Waals surface area contributed by atoms with E-state index in [9.17, 15) is 18.0 Å². The Hall–Kier alpha value is -1.52. The van der Waals surface area contributed by atoms with Crippen LogP contribution >= 0.6 is 0 Å². The second-order valence-electron chi connectivity index (χ2n) is 4.14. The van der Waals surface area contributed by atoms with Crippen molar-refractivity contribution in [3.8, 4) is 5.75 Å². The molecule has 2 nitrogen and oxygen atoms in total. The van der Waals surface area contributed by atoms with Crippen LogP contribution in [-0.4, -0.2) is 12.1 Å². The average molecular weight is 260 g/mol. The van der Waals surface area contributed by atoms with Crippen molar-refractivity contribution >= 4 is 5.97 Å². The molecule has 0 bridgehead atoms. The highest BCUT2D eigenvalue weighted by Crippen LogP contribution is 2.23. The molecule has 0 N–H and O–H groups in total. The molecule has 0 saturated carbocycles. The molecule has 0 spiro atoms. The van der Waals surface area contributed by atoms with Gasteiger partial charge < -0.3 is 4.74 Å². The average Bonchev–Trinajstić information content (AvgIpc) is 2.26. The number of hydrogen-bond donors (Lipinski definition) is 0. The first-order chi connectivity index (χ1) is 8.31. The SMILES string of the molecule is CCC(C)c1ccc(OC(=O)CC(F)(F)F)cc1. The summed E-state index contributed by atoms with van der Waals surface area (Å²) in [5.74, 6) is -0.792. The molecule has 100 valence electrons. The van der Waals surface area contributed by atoms with Gasteiger partial charge in [0.2, 0.25) is 0 Å². The summed E-state index contributed by atoms with van der Waals surface area (Å²) >= 11 is 0. The van der Waals surface area contributed by atoms with Crippen LogP contribution in [0.1, 0.15) is 38.2 Å². The predicted molar refractivity (Wildman–Crippen MR) is 61.5 cm³/mol. The third-order valence-electron chi connectivity index (χ3n) is 2.64. The summed E-state index contributed by atoms with van der Waals surface area (Å²) in [5, 5.41) is 0. The molecule has 0 amide bonds. The minimum Gasteiger partial charge on any atom is -0.426 e. The summed E-state index contributed by atoms with van der Waals surface area (Å²) in [4.78, 5) is 11.0. The Bertz CT molecular complexity index is 396. The number of carbonyl (C=O) groups excluding carboxylic acids is 1. The predicted octanol–water partition coefficient (Wildman–Crippen LogP) is 4.06. The van der Waals surface area contributed by atoms with Crippen LogP contribution in [0.5, 0.6) is 5.75 Å². The topological polar surface area (TPSA) is 26.3 Å². The van der Waals surface area contributed by atoms with E-state index in [4.69, 9.17) is 0 Å². The maximum absolute atomic E-state index is 11.9. The van der Waals surface area contributed by atoms with E-state index < -0.39 is 18.6 Å². The lowest BCUT2D eigenvalue weighted by Gasteiger charge is -2.10. The van der Waals surface area contributed by atoms with Crippen molar-refractivity contribution in [2.24, 2.45) is 0 Å². The normalized spacial score (nSPS) is 13.2. The van der Waals surface area contributed by atoms with Crippen molar-refractivity contribution in [2.45, 2.75) is 38.8 Å². The van der Waals surface area contributed by atoms with E-state index >= 15 is 0 Å². The highest BCUT2D eigenvalue weighted by atomic mass is 19.4. The second kappa shape index (κ2) is 5.89. The van der Waals surface area contributed by atoms with Gasteiger partial charge in [-0.05, 0) is 30.0 Å². The van der Waals surface area contributed by atoms with E-state index in [1.165, 1.54) is 12.1 Å². The molecule has 18 heavy (non-hydrogen) atoms. The van der Waals surface area contributed by atoms with Gasteiger partial charge in [-0.2, -0.15) is 13.2 Å². The highest BCUT2D eigenvalue weighted by molar-refractivity contribution is 5.73. The van der Waals surface area contributed by atoms with Crippen molar-refractivity contribution < 1.29 is 22.7 Å². The summed E-state index contributed by atoms with van der Waals surface area (Å²) in [7, 11) is 0. The third kappa shape index (κ3) is 4.77. The van der Waals surface area contributed by atoms with Gasteiger partial charge in [0.25, 0.3) is 0 Å². The van der Waals surface area contributed by atoms with Crippen LogP contribution in [0.25, 0.3) is 0 Å². The monoisotopic (exact) mass is 260 g/mol.